The minimum atomic E-state index is 0.0199. The van der Waals surface area contributed by atoms with Crippen molar-refractivity contribution < 1.29 is 9.53 Å². The van der Waals surface area contributed by atoms with E-state index in [1.165, 1.54) is 0 Å². The maximum Gasteiger partial charge on any atom is 0.229 e. The van der Waals surface area contributed by atoms with Crippen molar-refractivity contribution in [2.24, 2.45) is 5.73 Å². The van der Waals surface area contributed by atoms with Crippen LogP contribution in [0, 0.1) is 0 Å². The van der Waals surface area contributed by atoms with Gasteiger partial charge in [-0.3, -0.25) is 4.79 Å². The first kappa shape index (κ1) is 14.6. The number of ether oxygens (including phenoxy) is 1. The lowest BCUT2D eigenvalue weighted by Crippen LogP contribution is -2.27. The molecule has 0 spiro atoms. The zero-order valence-electron chi connectivity index (χ0n) is 10.7. The van der Waals surface area contributed by atoms with E-state index < -0.39 is 0 Å². The Labute approximate surface area is 113 Å². The fourth-order valence-electron chi connectivity index (χ4n) is 1.46. The van der Waals surface area contributed by atoms with Crippen LogP contribution in [0.15, 0.2) is 24.3 Å². The second kappa shape index (κ2) is 7.08. The molecule has 4 nitrogen and oxygen atoms in total. The van der Waals surface area contributed by atoms with E-state index in [9.17, 15) is 4.79 Å². The Balaban J connectivity index is 2.63. The smallest absolute Gasteiger partial charge is 0.229 e. The molecular formula is C13H18N2O2S. The Morgan fingerprint density at radius 2 is 2.00 bits per heavy atom. The van der Waals surface area contributed by atoms with Crippen molar-refractivity contribution in [3.05, 3.63) is 29.8 Å². The van der Waals surface area contributed by atoms with Crippen molar-refractivity contribution in [2.75, 3.05) is 25.2 Å². The molecule has 0 fully saturated rings. The molecule has 0 heterocycles. The Hall–Kier alpha value is -1.46. The number of hydrogen-bond acceptors (Lipinski definition) is 3. The molecule has 98 valence electrons. The molecule has 1 rings (SSSR count). The highest BCUT2D eigenvalue weighted by atomic mass is 32.1. The van der Waals surface area contributed by atoms with Crippen LogP contribution >= 0.6 is 12.2 Å². The van der Waals surface area contributed by atoms with Gasteiger partial charge in [-0.2, -0.15) is 0 Å². The van der Waals surface area contributed by atoms with Gasteiger partial charge in [-0.15, -0.1) is 0 Å². The van der Waals surface area contributed by atoms with Crippen molar-refractivity contribution in [1.82, 2.24) is 0 Å². The van der Waals surface area contributed by atoms with Crippen LogP contribution in [0.3, 0.4) is 0 Å². The summed E-state index contributed by atoms with van der Waals surface area (Å²) in [7, 11) is 1.74. The lowest BCUT2D eigenvalue weighted by molar-refractivity contribution is -0.119. The van der Waals surface area contributed by atoms with Crippen LogP contribution in [0.2, 0.25) is 0 Å². The predicted octanol–water partition coefficient (Wildman–Crippen LogP) is 1.71. The molecule has 0 aliphatic heterocycles. The summed E-state index contributed by atoms with van der Waals surface area (Å²) in [5.74, 6) is 0.0199. The molecule has 0 unspecified atom stereocenters. The maximum absolute atomic E-state index is 11.8. The number of benzene rings is 1. The monoisotopic (exact) mass is 266 g/mol. The summed E-state index contributed by atoms with van der Waals surface area (Å²) in [6, 6.07) is 7.27. The lowest BCUT2D eigenvalue weighted by Gasteiger charge is -2.17. The molecule has 0 aliphatic rings. The Kier molecular flexibility index (Phi) is 5.74. The standard InChI is InChI=1S/C13H18N2O2S/c1-3-17-9-8-12(16)15(2)11-6-4-10(5-7-11)13(14)18/h4-7H,3,8-9H2,1-2H3,(H2,14,18). The van der Waals surface area contributed by atoms with E-state index in [0.717, 1.165) is 11.3 Å². The number of rotatable bonds is 6. The third kappa shape index (κ3) is 4.09. The second-order valence-electron chi connectivity index (χ2n) is 3.81. The molecule has 0 radical (unpaired) electrons. The van der Waals surface area contributed by atoms with Crippen molar-refractivity contribution >= 4 is 28.8 Å². The van der Waals surface area contributed by atoms with E-state index in [1.807, 2.05) is 31.2 Å². The highest BCUT2D eigenvalue weighted by molar-refractivity contribution is 7.80. The van der Waals surface area contributed by atoms with Crippen molar-refractivity contribution in [3.63, 3.8) is 0 Å². The van der Waals surface area contributed by atoms with Gasteiger partial charge in [-0.05, 0) is 31.2 Å². The average molecular weight is 266 g/mol. The SMILES string of the molecule is CCOCCC(=O)N(C)c1ccc(C(N)=S)cc1. The molecule has 5 heteroatoms. The van der Waals surface area contributed by atoms with Crippen LogP contribution in [0.25, 0.3) is 0 Å². The largest absolute Gasteiger partial charge is 0.389 e. The number of nitrogens with zero attached hydrogens (tertiary/aromatic N) is 1. The fourth-order valence-corrected chi connectivity index (χ4v) is 1.60. The second-order valence-corrected chi connectivity index (χ2v) is 4.25. The summed E-state index contributed by atoms with van der Waals surface area (Å²) in [6.07, 6.45) is 0.376. The van der Waals surface area contributed by atoms with Gasteiger partial charge in [0.1, 0.15) is 4.99 Å². The van der Waals surface area contributed by atoms with E-state index in [2.05, 4.69) is 0 Å². The third-order valence-electron chi connectivity index (χ3n) is 2.58. The molecule has 2 N–H and O–H groups in total. The van der Waals surface area contributed by atoms with Crippen LogP contribution < -0.4 is 10.6 Å². The number of hydrogen-bond donors (Lipinski definition) is 1. The van der Waals surface area contributed by atoms with Crippen LogP contribution in [0.5, 0.6) is 0 Å². The lowest BCUT2D eigenvalue weighted by atomic mass is 10.2. The van der Waals surface area contributed by atoms with Gasteiger partial charge >= 0.3 is 0 Å². The van der Waals surface area contributed by atoms with Gasteiger partial charge in [0.2, 0.25) is 5.91 Å². The molecule has 0 aromatic heterocycles. The Bertz CT molecular complexity index is 418. The van der Waals surface area contributed by atoms with E-state index in [1.54, 1.807) is 11.9 Å². The number of carbonyl (C=O) groups is 1. The first-order chi connectivity index (χ1) is 8.56. The molecule has 1 amide bonds. The molecule has 0 atom stereocenters. The number of amides is 1. The first-order valence-corrected chi connectivity index (χ1v) is 6.21. The summed E-state index contributed by atoms with van der Waals surface area (Å²) in [4.78, 5) is 13.8. The van der Waals surface area contributed by atoms with E-state index in [0.29, 0.717) is 24.6 Å². The zero-order chi connectivity index (χ0) is 13.5. The Morgan fingerprint density at radius 1 is 1.39 bits per heavy atom. The van der Waals surface area contributed by atoms with Crippen molar-refractivity contribution in [1.29, 1.82) is 0 Å². The topological polar surface area (TPSA) is 55.6 Å². The summed E-state index contributed by atoms with van der Waals surface area (Å²) in [6.45, 7) is 2.98. The van der Waals surface area contributed by atoms with Gasteiger partial charge in [0.05, 0.1) is 13.0 Å². The quantitative estimate of drug-likeness (QED) is 0.629. The van der Waals surface area contributed by atoms with Gasteiger partial charge in [0, 0.05) is 24.9 Å². The molecule has 18 heavy (non-hydrogen) atoms. The third-order valence-corrected chi connectivity index (χ3v) is 2.81. The van der Waals surface area contributed by atoms with Crippen LogP contribution in [0.4, 0.5) is 5.69 Å². The Morgan fingerprint density at radius 3 is 2.50 bits per heavy atom. The van der Waals surface area contributed by atoms with Gasteiger partial charge in [0.15, 0.2) is 0 Å². The summed E-state index contributed by atoms with van der Waals surface area (Å²) in [5, 5.41) is 0. The van der Waals surface area contributed by atoms with Gasteiger partial charge < -0.3 is 15.4 Å². The zero-order valence-corrected chi connectivity index (χ0v) is 11.5. The van der Waals surface area contributed by atoms with Crippen LogP contribution in [-0.4, -0.2) is 31.2 Å². The number of anilines is 1. The average Bonchev–Trinajstić information content (AvgIpc) is 2.38. The molecule has 1 aromatic rings. The summed E-state index contributed by atoms with van der Waals surface area (Å²) in [5.41, 5.74) is 7.13. The summed E-state index contributed by atoms with van der Waals surface area (Å²) >= 11 is 4.87. The molecule has 0 saturated heterocycles. The number of nitrogens with two attached hydrogens (primary N) is 1. The number of carbonyl (C=O) groups excluding carboxylic acids is 1. The van der Waals surface area contributed by atoms with Crippen LogP contribution in [-0.2, 0) is 9.53 Å². The highest BCUT2D eigenvalue weighted by Crippen LogP contribution is 2.14. The molecule has 0 bridgehead atoms. The first-order valence-electron chi connectivity index (χ1n) is 5.80. The van der Waals surface area contributed by atoms with Gasteiger partial charge in [-0.25, -0.2) is 0 Å². The maximum atomic E-state index is 11.8. The molecular weight excluding hydrogens is 248 g/mol. The van der Waals surface area contributed by atoms with E-state index in [-0.39, 0.29) is 5.91 Å². The van der Waals surface area contributed by atoms with Gasteiger partial charge in [-0.1, -0.05) is 12.2 Å². The van der Waals surface area contributed by atoms with E-state index >= 15 is 0 Å². The fraction of sp³-hybridized carbons (Fsp3) is 0.385. The summed E-state index contributed by atoms with van der Waals surface area (Å²) < 4.78 is 5.16. The normalized spacial score (nSPS) is 10.1. The van der Waals surface area contributed by atoms with Crippen molar-refractivity contribution in [3.8, 4) is 0 Å². The molecule has 0 saturated carbocycles. The highest BCUT2D eigenvalue weighted by Gasteiger charge is 2.10. The van der Waals surface area contributed by atoms with Crippen LogP contribution in [0.1, 0.15) is 18.9 Å². The molecule has 0 aliphatic carbocycles. The van der Waals surface area contributed by atoms with Crippen molar-refractivity contribution in [2.45, 2.75) is 13.3 Å². The molecule has 1 aromatic carbocycles. The minimum absolute atomic E-state index is 0.0199. The minimum Gasteiger partial charge on any atom is -0.389 e. The van der Waals surface area contributed by atoms with E-state index in [4.69, 9.17) is 22.7 Å². The van der Waals surface area contributed by atoms with Gasteiger partial charge in [0.25, 0.3) is 0 Å². The predicted molar refractivity (Wildman–Crippen MR) is 76.8 cm³/mol. The number of thiocarbonyl (C=S) groups is 1.